The Morgan fingerprint density at radius 3 is 0.897 bits per heavy atom. The lowest BCUT2D eigenvalue weighted by Crippen LogP contribution is -2.30. The summed E-state index contributed by atoms with van der Waals surface area (Å²) in [5.74, 6) is 1.64. The van der Waals surface area contributed by atoms with Gasteiger partial charge in [-0.05, 0) is 37.0 Å². The molecule has 0 bridgehead atoms. The van der Waals surface area contributed by atoms with E-state index in [9.17, 15) is 14.4 Å². The van der Waals surface area contributed by atoms with Gasteiger partial charge in [0.2, 0.25) is 0 Å². The average molecular weight is 821 g/mol. The molecule has 0 aromatic carbocycles. The summed E-state index contributed by atoms with van der Waals surface area (Å²) in [4.78, 5) is 37.9. The molecule has 6 nitrogen and oxygen atoms in total. The number of hydrogen-bond donors (Lipinski definition) is 0. The summed E-state index contributed by atoms with van der Waals surface area (Å²) in [5, 5.41) is 0. The van der Waals surface area contributed by atoms with Gasteiger partial charge in [-0.15, -0.1) is 0 Å². The van der Waals surface area contributed by atoms with Gasteiger partial charge in [0.1, 0.15) is 13.2 Å². The van der Waals surface area contributed by atoms with Crippen molar-refractivity contribution in [1.29, 1.82) is 0 Å². The highest BCUT2D eigenvalue weighted by Gasteiger charge is 2.19. The molecular formula is C52H100O6. The van der Waals surface area contributed by atoms with Crippen LogP contribution in [0.3, 0.4) is 0 Å². The molecule has 0 saturated heterocycles. The van der Waals surface area contributed by atoms with Crippen molar-refractivity contribution >= 4 is 17.9 Å². The lowest BCUT2D eigenvalue weighted by Gasteiger charge is -2.18. The normalized spacial score (nSPS) is 12.6. The first-order chi connectivity index (χ1) is 28.1. The first-order valence-electron chi connectivity index (χ1n) is 25.6. The van der Waals surface area contributed by atoms with Gasteiger partial charge < -0.3 is 14.2 Å². The van der Waals surface area contributed by atoms with Crippen molar-refractivity contribution in [2.45, 2.75) is 285 Å². The van der Waals surface area contributed by atoms with Gasteiger partial charge in [-0.1, -0.05) is 241 Å². The van der Waals surface area contributed by atoms with Gasteiger partial charge in [-0.2, -0.15) is 0 Å². The number of rotatable bonds is 45. The molecular weight excluding hydrogens is 721 g/mol. The van der Waals surface area contributed by atoms with Gasteiger partial charge >= 0.3 is 17.9 Å². The molecule has 0 radical (unpaired) electrons. The van der Waals surface area contributed by atoms with Crippen LogP contribution in [0.5, 0.6) is 0 Å². The average Bonchev–Trinajstić information content (AvgIpc) is 3.19. The number of unbranched alkanes of at least 4 members (excludes halogenated alkanes) is 27. The van der Waals surface area contributed by atoms with E-state index in [2.05, 4.69) is 41.5 Å². The minimum atomic E-state index is -0.763. The second-order valence-corrected chi connectivity index (χ2v) is 19.0. The molecule has 0 rings (SSSR count). The molecule has 2 atom stereocenters. The third-order valence-corrected chi connectivity index (χ3v) is 12.0. The fourth-order valence-electron chi connectivity index (χ4n) is 7.73. The van der Waals surface area contributed by atoms with E-state index in [0.717, 1.165) is 75.5 Å². The number of ether oxygens (including phenoxy) is 3. The summed E-state index contributed by atoms with van der Waals surface area (Å²) >= 11 is 0. The molecule has 0 saturated carbocycles. The Kier molecular flexibility index (Phi) is 42.3. The van der Waals surface area contributed by atoms with Crippen LogP contribution in [-0.2, 0) is 28.6 Å². The van der Waals surface area contributed by atoms with Crippen molar-refractivity contribution in [3.05, 3.63) is 0 Å². The Bertz CT molecular complexity index is 900. The molecule has 0 fully saturated rings. The Hall–Kier alpha value is -1.59. The summed E-state index contributed by atoms with van der Waals surface area (Å²) in [6.45, 7) is 13.7. The maximum absolute atomic E-state index is 12.8. The molecule has 0 N–H and O–H groups in total. The lowest BCUT2D eigenvalue weighted by atomic mass is 9.99. The van der Waals surface area contributed by atoms with Gasteiger partial charge in [0, 0.05) is 19.3 Å². The predicted molar refractivity (Wildman–Crippen MR) is 247 cm³/mol. The van der Waals surface area contributed by atoms with Gasteiger partial charge in [-0.3, -0.25) is 14.4 Å². The first-order valence-corrected chi connectivity index (χ1v) is 25.6. The smallest absolute Gasteiger partial charge is 0.306 e. The Labute approximate surface area is 361 Å². The molecule has 0 aromatic rings. The minimum absolute atomic E-state index is 0.0652. The van der Waals surface area contributed by atoms with E-state index in [1.165, 1.54) is 161 Å². The fourth-order valence-corrected chi connectivity index (χ4v) is 7.73. The summed E-state index contributed by atoms with van der Waals surface area (Å²) in [5.41, 5.74) is 0. The molecule has 58 heavy (non-hydrogen) atoms. The summed E-state index contributed by atoms with van der Waals surface area (Å²) in [7, 11) is 0. The van der Waals surface area contributed by atoms with Gasteiger partial charge in [0.25, 0.3) is 0 Å². The largest absolute Gasteiger partial charge is 0.462 e. The molecule has 0 aliphatic carbocycles. The van der Waals surface area contributed by atoms with Crippen molar-refractivity contribution in [2.75, 3.05) is 13.2 Å². The van der Waals surface area contributed by atoms with E-state index in [4.69, 9.17) is 14.2 Å². The second-order valence-electron chi connectivity index (χ2n) is 19.0. The molecule has 0 aliphatic rings. The SMILES string of the molecule is CCC(C)CCCCCCCCCCC(=O)OC[C@H](COC(=O)CCCCCCCCCCCCC(C)C)OC(=O)CCCCCCCCCCCCCCC(C)C. The maximum Gasteiger partial charge on any atom is 0.306 e. The zero-order valence-electron chi connectivity index (χ0n) is 39.8. The third-order valence-electron chi connectivity index (χ3n) is 12.0. The highest BCUT2D eigenvalue weighted by atomic mass is 16.6. The molecule has 1 unspecified atom stereocenters. The van der Waals surface area contributed by atoms with Crippen LogP contribution in [0.25, 0.3) is 0 Å². The van der Waals surface area contributed by atoms with Gasteiger partial charge in [0.15, 0.2) is 6.10 Å². The Morgan fingerprint density at radius 2 is 0.603 bits per heavy atom. The van der Waals surface area contributed by atoms with Gasteiger partial charge in [0.05, 0.1) is 0 Å². The quantitative estimate of drug-likeness (QED) is 0.0346. The zero-order valence-corrected chi connectivity index (χ0v) is 39.8. The Balaban J connectivity index is 4.34. The summed E-state index contributed by atoms with van der Waals surface area (Å²) in [6.07, 6.45) is 42.3. The van der Waals surface area contributed by atoms with Crippen molar-refractivity contribution in [2.24, 2.45) is 17.8 Å². The zero-order chi connectivity index (χ0) is 42.7. The fraction of sp³-hybridized carbons (Fsp3) is 0.942. The van der Waals surface area contributed by atoms with Crippen molar-refractivity contribution < 1.29 is 28.6 Å². The van der Waals surface area contributed by atoms with E-state index in [-0.39, 0.29) is 31.1 Å². The maximum atomic E-state index is 12.8. The van der Waals surface area contributed by atoms with Crippen molar-refractivity contribution in [1.82, 2.24) is 0 Å². The first kappa shape index (κ1) is 56.4. The molecule has 0 heterocycles. The van der Waals surface area contributed by atoms with E-state index < -0.39 is 6.10 Å². The van der Waals surface area contributed by atoms with Crippen LogP contribution in [0, 0.1) is 17.8 Å². The molecule has 0 aromatic heterocycles. The molecule has 344 valence electrons. The number of esters is 3. The van der Waals surface area contributed by atoms with Crippen LogP contribution < -0.4 is 0 Å². The highest BCUT2D eigenvalue weighted by molar-refractivity contribution is 5.71. The van der Waals surface area contributed by atoms with Crippen LogP contribution in [-0.4, -0.2) is 37.2 Å². The van der Waals surface area contributed by atoms with E-state index >= 15 is 0 Å². The monoisotopic (exact) mass is 821 g/mol. The van der Waals surface area contributed by atoms with E-state index in [1.54, 1.807) is 0 Å². The minimum Gasteiger partial charge on any atom is -0.462 e. The third kappa shape index (κ3) is 44.0. The van der Waals surface area contributed by atoms with Crippen LogP contribution in [0.4, 0.5) is 0 Å². The van der Waals surface area contributed by atoms with Crippen LogP contribution in [0.1, 0.15) is 279 Å². The van der Waals surface area contributed by atoms with Crippen molar-refractivity contribution in [3.63, 3.8) is 0 Å². The van der Waals surface area contributed by atoms with Crippen LogP contribution >= 0.6 is 0 Å². The topological polar surface area (TPSA) is 78.9 Å². The number of hydrogen-bond acceptors (Lipinski definition) is 6. The second kappa shape index (κ2) is 43.5. The number of carbonyl (C=O) groups excluding carboxylic acids is 3. The standard InChI is InChI=1S/C52H100O6/c1-7-48(6)40-34-28-22-18-19-24-30-36-42-51(54)57-45-49(44-56-50(53)41-35-29-23-16-13-12-15-21-27-33-39-47(4)5)58-52(55)43-37-31-25-17-11-9-8-10-14-20-26-32-38-46(2)3/h46-49H,7-45H2,1-6H3/t48?,49-/m0/s1. The molecule has 0 amide bonds. The highest BCUT2D eigenvalue weighted by Crippen LogP contribution is 2.18. The molecule has 6 heteroatoms. The predicted octanol–water partition coefficient (Wildman–Crippen LogP) is 16.4. The van der Waals surface area contributed by atoms with Gasteiger partial charge in [-0.25, -0.2) is 0 Å². The summed E-state index contributed by atoms with van der Waals surface area (Å²) < 4.78 is 16.8. The van der Waals surface area contributed by atoms with Crippen LogP contribution in [0.15, 0.2) is 0 Å². The van der Waals surface area contributed by atoms with Crippen molar-refractivity contribution in [3.8, 4) is 0 Å². The Morgan fingerprint density at radius 1 is 0.345 bits per heavy atom. The summed E-state index contributed by atoms with van der Waals surface area (Å²) in [6, 6.07) is 0. The number of carbonyl (C=O) groups is 3. The molecule has 0 aliphatic heterocycles. The van der Waals surface area contributed by atoms with E-state index in [1.807, 2.05) is 0 Å². The lowest BCUT2D eigenvalue weighted by molar-refractivity contribution is -0.167. The van der Waals surface area contributed by atoms with Crippen LogP contribution in [0.2, 0.25) is 0 Å². The van der Waals surface area contributed by atoms with E-state index in [0.29, 0.717) is 19.3 Å². The molecule has 0 spiro atoms.